The molecule has 0 spiro atoms. The van der Waals surface area contributed by atoms with Gasteiger partial charge in [-0.25, -0.2) is 0 Å². The number of hydrogen-bond acceptors (Lipinski definition) is 2. The third-order valence-electron chi connectivity index (χ3n) is 3.42. The fourth-order valence-electron chi connectivity index (χ4n) is 2.30. The van der Waals surface area contributed by atoms with E-state index in [4.69, 9.17) is 0 Å². The molecule has 1 aromatic rings. The number of fused-ring (bicyclic) bond motifs is 1. The molecular weight excluding hydrogens is 224 g/mol. The minimum atomic E-state index is 0.0624. The molecule has 1 aromatic carbocycles. The van der Waals surface area contributed by atoms with E-state index in [1.54, 1.807) is 0 Å². The summed E-state index contributed by atoms with van der Waals surface area (Å²) in [5, 5.41) is 6.32. The van der Waals surface area contributed by atoms with E-state index < -0.39 is 0 Å². The fourth-order valence-corrected chi connectivity index (χ4v) is 2.30. The van der Waals surface area contributed by atoms with E-state index in [9.17, 15) is 4.79 Å². The summed E-state index contributed by atoms with van der Waals surface area (Å²) in [6, 6.07) is 6.05. The number of unbranched alkanes of at least 4 members (excludes halogenated alkanes) is 2. The van der Waals surface area contributed by atoms with Crippen molar-refractivity contribution in [1.82, 2.24) is 10.6 Å². The molecule has 1 amide bonds. The van der Waals surface area contributed by atoms with Crippen molar-refractivity contribution in [2.24, 2.45) is 0 Å². The molecule has 2 N–H and O–H groups in total. The molecule has 0 saturated carbocycles. The van der Waals surface area contributed by atoms with Gasteiger partial charge in [0.15, 0.2) is 0 Å². The van der Waals surface area contributed by atoms with Gasteiger partial charge in [0.05, 0.1) is 0 Å². The minimum absolute atomic E-state index is 0.0624. The summed E-state index contributed by atoms with van der Waals surface area (Å²) in [6.45, 7) is 4.88. The van der Waals surface area contributed by atoms with Gasteiger partial charge in [-0.3, -0.25) is 4.79 Å². The zero-order valence-electron chi connectivity index (χ0n) is 11.1. The zero-order chi connectivity index (χ0) is 12.8. The second kappa shape index (κ2) is 6.55. The molecule has 0 bridgehead atoms. The monoisotopic (exact) mass is 246 g/mol. The number of benzene rings is 1. The first-order valence-electron chi connectivity index (χ1n) is 6.92. The first-order valence-corrected chi connectivity index (χ1v) is 6.92. The first kappa shape index (κ1) is 13.1. The molecule has 98 valence electrons. The van der Waals surface area contributed by atoms with Gasteiger partial charge >= 0.3 is 0 Å². The lowest BCUT2D eigenvalue weighted by molar-refractivity contribution is 0.0953. The van der Waals surface area contributed by atoms with Crippen molar-refractivity contribution in [2.75, 3.05) is 13.1 Å². The molecule has 0 radical (unpaired) electrons. The Morgan fingerprint density at radius 1 is 1.33 bits per heavy atom. The van der Waals surface area contributed by atoms with Crippen molar-refractivity contribution in [3.8, 4) is 0 Å². The highest BCUT2D eigenvalue weighted by molar-refractivity contribution is 5.94. The maximum Gasteiger partial charge on any atom is 0.251 e. The minimum Gasteiger partial charge on any atom is -0.352 e. The van der Waals surface area contributed by atoms with Crippen LogP contribution in [0.3, 0.4) is 0 Å². The number of carbonyl (C=O) groups is 1. The van der Waals surface area contributed by atoms with Crippen LogP contribution in [0.1, 0.15) is 47.7 Å². The van der Waals surface area contributed by atoms with Crippen molar-refractivity contribution in [3.05, 3.63) is 34.9 Å². The van der Waals surface area contributed by atoms with Crippen molar-refractivity contribution in [1.29, 1.82) is 0 Å². The van der Waals surface area contributed by atoms with Gasteiger partial charge in [-0.15, -0.1) is 0 Å². The molecule has 0 unspecified atom stereocenters. The van der Waals surface area contributed by atoms with Gasteiger partial charge in [-0.05, 0) is 42.6 Å². The van der Waals surface area contributed by atoms with E-state index in [0.717, 1.165) is 38.0 Å². The summed E-state index contributed by atoms with van der Waals surface area (Å²) >= 11 is 0. The Morgan fingerprint density at radius 2 is 2.22 bits per heavy atom. The summed E-state index contributed by atoms with van der Waals surface area (Å²) in [7, 11) is 0. The van der Waals surface area contributed by atoms with Crippen LogP contribution in [0, 0.1) is 0 Å². The van der Waals surface area contributed by atoms with E-state index in [2.05, 4.69) is 23.6 Å². The van der Waals surface area contributed by atoms with Gasteiger partial charge in [0.1, 0.15) is 0 Å². The predicted octanol–water partition coefficient (Wildman–Crippen LogP) is 2.25. The SMILES string of the molecule is CCCCCNC(=O)c1ccc2c(c1)CCNC2. The summed E-state index contributed by atoms with van der Waals surface area (Å²) < 4.78 is 0. The third-order valence-corrected chi connectivity index (χ3v) is 3.42. The average Bonchev–Trinajstić information content (AvgIpc) is 2.43. The Morgan fingerprint density at radius 3 is 3.06 bits per heavy atom. The molecule has 0 saturated heterocycles. The molecule has 0 aliphatic carbocycles. The van der Waals surface area contributed by atoms with Crippen LogP contribution < -0.4 is 10.6 Å². The number of nitrogens with one attached hydrogen (secondary N) is 2. The van der Waals surface area contributed by atoms with Crippen molar-refractivity contribution in [2.45, 2.75) is 39.2 Å². The Bertz CT molecular complexity index is 415. The molecule has 3 nitrogen and oxygen atoms in total. The molecule has 18 heavy (non-hydrogen) atoms. The van der Waals surface area contributed by atoms with Crippen LogP contribution in [-0.4, -0.2) is 19.0 Å². The fraction of sp³-hybridized carbons (Fsp3) is 0.533. The summed E-state index contributed by atoms with van der Waals surface area (Å²) in [4.78, 5) is 12.0. The lowest BCUT2D eigenvalue weighted by atomic mass is 9.98. The summed E-state index contributed by atoms with van der Waals surface area (Å²) in [5.74, 6) is 0.0624. The molecule has 1 heterocycles. The van der Waals surface area contributed by atoms with Crippen molar-refractivity contribution >= 4 is 5.91 Å². The topological polar surface area (TPSA) is 41.1 Å². The maximum absolute atomic E-state index is 12.0. The number of rotatable bonds is 5. The molecule has 0 aromatic heterocycles. The molecule has 1 aliphatic heterocycles. The van der Waals surface area contributed by atoms with E-state index in [1.807, 2.05) is 12.1 Å². The average molecular weight is 246 g/mol. The zero-order valence-corrected chi connectivity index (χ0v) is 11.1. The number of carbonyl (C=O) groups excluding carboxylic acids is 1. The predicted molar refractivity (Wildman–Crippen MR) is 73.7 cm³/mol. The molecular formula is C15H22N2O. The van der Waals surface area contributed by atoms with E-state index in [1.165, 1.54) is 24.0 Å². The van der Waals surface area contributed by atoms with Gasteiger partial charge in [-0.1, -0.05) is 25.8 Å². The van der Waals surface area contributed by atoms with E-state index in [-0.39, 0.29) is 5.91 Å². The summed E-state index contributed by atoms with van der Waals surface area (Å²) in [6.07, 6.45) is 4.45. The second-order valence-corrected chi connectivity index (χ2v) is 4.87. The maximum atomic E-state index is 12.0. The van der Waals surface area contributed by atoms with Crippen molar-refractivity contribution in [3.63, 3.8) is 0 Å². The molecule has 0 atom stereocenters. The number of amides is 1. The normalized spacial score (nSPS) is 14.1. The van der Waals surface area contributed by atoms with Crippen LogP contribution in [0.4, 0.5) is 0 Å². The van der Waals surface area contributed by atoms with E-state index in [0.29, 0.717) is 0 Å². The van der Waals surface area contributed by atoms with Crippen LogP contribution >= 0.6 is 0 Å². The molecule has 2 rings (SSSR count). The van der Waals surface area contributed by atoms with E-state index >= 15 is 0 Å². The Hall–Kier alpha value is -1.35. The lowest BCUT2D eigenvalue weighted by Gasteiger charge is -2.17. The van der Waals surface area contributed by atoms with Crippen LogP contribution in [-0.2, 0) is 13.0 Å². The highest BCUT2D eigenvalue weighted by Gasteiger charge is 2.11. The van der Waals surface area contributed by atoms with Crippen LogP contribution in [0.25, 0.3) is 0 Å². The second-order valence-electron chi connectivity index (χ2n) is 4.87. The molecule has 3 heteroatoms. The van der Waals surface area contributed by atoms with Gasteiger partial charge in [0.25, 0.3) is 5.91 Å². The highest BCUT2D eigenvalue weighted by atomic mass is 16.1. The first-order chi connectivity index (χ1) is 8.81. The standard InChI is InChI=1S/C15H22N2O/c1-2-3-4-8-17-15(18)13-5-6-14-11-16-9-7-12(14)10-13/h5-6,10,16H,2-4,7-9,11H2,1H3,(H,17,18). The van der Waals surface area contributed by atoms with Gasteiger partial charge in [-0.2, -0.15) is 0 Å². The smallest absolute Gasteiger partial charge is 0.251 e. The Kier molecular flexibility index (Phi) is 4.76. The molecule has 1 aliphatic rings. The van der Waals surface area contributed by atoms with Crippen LogP contribution in [0.2, 0.25) is 0 Å². The van der Waals surface area contributed by atoms with Crippen LogP contribution in [0.15, 0.2) is 18.2 Å². The summed E-state index contributed by atoms with van der Waals surface area (Å²) in [5.41, 5.74) is 3.44. The van der Waals surface area contributed by atoms with Crippen LogP contribution in [0.5, 0.6) is 0 Å². The van der Waals surface area contributed by atoms with Gasteiger partial charge < -0.3 is 10.6 Å². The molecule has 0 fully saturated rings. The Labute approximate surface area is 109 Å². The third kappa shape index (κ3) is 3.33. The van der Waals surface area contributed by atoms with Gasteiger partial charge in [0.2, 0.25) is 0 Å². The quantitative estimate of drug-likeness (QED) is 0.782. The van der Waals surface area contributed by atoms with Crippen molar-refractivity contribution < 1.29 is 4.79 Å². The van der Waals surface area contributed by atoms with Gasteiger partial charge in [0, 0.05) is 18.7 Å². The largest absolute Gasteiger partial charge is 0.352 e. The lowest BCUT2D eigenvalue weighted by Crippen LogP contribution is -2.26. The number of hydrogen-bond donors (Lipinski definition) is 2. The Balaban J connectivity index is 1.94. The highest BCUT2D eigenvalue weighted by Crippen LogP contribution is 2.15.